The van der Waals surface area contributed by atoms with Gasteiger partial charge >= 0.3 is 0 Å². The van der Waals surface area contributed by atoms with Gasteiger partial charge in [0.05, 0.1) is 30.4 Å². The predicted octanol–water partition coefficient (Wildman–Crippen LogP) is 2.75. The quantitative estimate of drug-likeness (QED) is 0.941. The molecule has 0 radical (unpaired) electrons. The van der Waals surface area contributed by atoms with Gasteiger partial charge in [-0.1, -0.05) is 30.3 Å². The van der Waals surface area contributed by atoms with E-state index in [1.165, 1.54) is 0 Å². The van der Waals surface area contributed by atoms with E-state index in [1.54, 1.807) is 23.1 Å². The summed E-state index contributed by atoms with van der Waals surface area (Å²) in [6, 6.07) is 14.8. The maximum atomic E-state index is 12.5. The van der Waals surface area contributed by atoms with Gasteiger partial charge in [0.25, 0.3) is 5.91 Å². The molecule has 0 aliphatic carbocycles. The minimum atomic E-state index is -0.229. The Kier molecular flexibility index (Phi) is 4.51. The summed E-state index contributed by atoms with van der Waals surface area (Å²) in [5, 5.41) is 2.65. The number of carbonyl (C=O) groups is 2. The molecule has 124 valence electrons. The van der Waals surface area contributed by atoms with E-state index in [4.69, 9.17) is 4.74 Å². The van der Waals surface area contributed by atoms with Crippen molar-refractivity contribution in [1.29, 1.82) is 0 Å². The van der Waals surface area contributed by atoms with Gasteiger partial charge in [-0.25, -0.2) is 0 Å². The number of benzene rings is 2. The molecule has 5 nitrogen and oxygen atoms in total. The van der Waals surface area contributed by atoms with Gasteiger partial charge in [0.1, 0.15) is 5.75 Å². The van der Waals surface area contributed by atoms with Crippen molar-refractivity contribution in [1.82, 2.24) is 5.32 Å². The van der Waals surface area contributed by atoms with Crippen molar-refractivity contribution < 1.29 is 14.3 Å². The van der Waals surface area contributed by atoms with Crippen molar-refractivity contribution in [3.8, 4) is 5.75 Å². The van der Waals surface area contributed by atoms with Crippen LogP contribution >= 0.6 is 0 Å². The molecule has 1 aliphatic rings. The van der Waals surface area contributed by atoms with Gasteiger partial charge in [0.2, 0.25) is 5.91 Å². The summed E-state index contributed by atoms with van der Waals surface area (Å²) in [6.07, 6.45) is 0.0431. The molecule has 0 saturated heterocycles. The lowest BCUT2D eigenvalue weighted by molar-refractivity contribution is -0.117. The molecular formula is C19H20N2O3. The largest absolute Gasteiger partial charge is 0.491 e. The molecule has 0 unspecified atom stereocenters. The van der Waals surface area contributed by atoms with Crippen molar-refractivity contribution in [2.75, 3.05) is 11.4 Å². The molecule has 24 heavy (non-hydrogen) atoms. The van der Waals surface area contributed by atoms with Gasteiger partial charge in [-0.2, -0.15) is 0 Å². The Labute approximate surface area is 141 Å². The maximum absolute atomic E-state index is 12.5. The summed E-state index contributed by atoms with van der Waals surface area (Å²) in [5.74, 6) is 0.377. The van der Waals surface area contributed by atoms with Gasteiger partial charge in [0.15, 0.2) is 0 Å². The second kappa shape index (κ2) is 6.74. The lowest BCUT2D eigenvalue weighted by atomic mass is 10.1. The second-order valence-corrected chi connectivity index (χ2v) is 5.95. The van der Waals surface area contributed by atoms with Gasteiger partial charge in [-0.15, -0.1) is 0 Å². The van der Waals surface area contributed by atoms with Gasteiger partial charge in [-0.3, -0.25) is 9.59 Å². The first-order chi connectivity index (χ1) is 11.6. The zero-order valence-corrected chi connectivity index (χ0v) is 13.8. The molecule has 0 fully saturated rings. The van der Waals surface area contributed by atoms with Crippen LogP contribution < -0.4 is 15.0 Å². The lowest BCUT2D eigenvalue weighted by Gasteiger charge is -2.24. The number of hydrogen-bond donors (Lipinski definition) is 1. The average molecular weight is 324 g/mol. The van der Waals surface area contributed by atoms with Crippen molar-refractivity contribution >= 4 is 17.5 Å². The molecule has 0 bridgehead atoms. The number of nitrogens with zero attached hydrogens (tertiary/aromatic N) is 1. The van der Waals surface area contributed by atoms with Gasteiger partial charge in [0, 0.05) is 5.56 Å². The van der Waals surface area contributed by atoms with Crippen molar-refractivity contribution in [3.05, 3.63) is 59.7 Å². The highest BCUT2D eigenvalue weighted by Gasteiger charge is 2.26. The van der Waals surface area contributed by atoms with Crippen LogP contribution in [0.1, 0.15) is 29.8 Å². The molecule has 3 rings (SSSR count). The average Bonchev–Trinajstić information content (AvgIpc) is 2.68. The second-order valence-electron chi connectivity index (χ2n) is 5.95. The third-order valence-electron chi connectivity index (χ3n) is 3.80. The number of hydrogen-bond acceptors (Lipinski definition) is 3. The van der Waals surface area contributed by atoms with E-state index in [-0.39, 0.29) is 24.5 Å². The van der Waals surface area contributed by atoms with Crippen LogP contribution in [-0.4, -0.2) is 24.5 Å². The van der Waals surface area contributed by atoms with E-state index < -0.39 is 0 Å². The molecular weight excluding hydrogens is 304 g/mol. The molecule has 2 aromatic carbocycles. The zero-order valence-electron chi connectivity index (χ0n) is 13.8. The number of amides is 2. The zero-order chi connectivity index (χ0) is 17.1. The van der Waals surface area contributed by atoms with Gasteiger partial charge < -0.3 is 15.0 Å². The highest BCUT2D eigenvalue weighted by atomic mass is 16.5. The maximum Gasteiger partial charge on any atom is 0.253 e. The molecule has 0 aromatic heterocycles. The molecule has 2 aromatic rings. The Hall–Kier alpha value is -2.82. The standard InChI is InChI=1S/C19H20N2O3/c1-13(2)24-17-10-6-3-7-14(17)12-21-16-9-5-4-8-15(16)19(23)20-11-18(21)22/h3-10,13H,11-12H2,1-2H3,(H,20,23). The molecule has 2 amide bonds. The van der Waals surface area contributed by atoms with Crippen LogP contribution in [0.4, 0.5) is 5.69 Å². The fraction of sp³-hybridized carbons (Fsp3) is 0.263. The first kappa shape index (κ1) is 16.1. The first-order valence-electron chi connectivity index (χ1n) is 7.98. The Morgan fingerprint density at radius 2 is 1.79 bits per heavy atom. The number of para-hydroxylation sites is 2. The van der Waals surface area contributed by atoms with E-state index in [1.807, 2.05) is 44.2 Å². The molecule has 1 heterocycles. The molecule has 0 spiro atoms. The first-order valence-corrected chi connectivity index (χ1v) is 7.98. The number of carbonyl (C=O) groups excluding carboxylic acids is 2. The Morgan fingerprint density at radius 1 is 1.08 bits per heavy atom. The van der Waals surface area contributed by atoms with Crippen molar-refractivity contribution in [2.24, 2.45) is 0 Å². The third-order valence-corrected chi connectivity index (χ3v) is 3.80. The number of rotatable bonds is 4. The predicted molar refractivity (Wildman–Crippen MR) is 92.2 cm³/mol. The van der Waals surface area contributed by atoms with Crippen LogP contribution in [0.5, 0.6) is 5.75 Å². The molecule has 1 N–H and O–H groups in total. The van der Waals surface area contributed by atoms with Crippen LogP contribution in [0.15, 0.2) is 48.5 Å². The van der Waals surface area contributed by atoms with Crippen molar-refractivity contribution in [2.45, 2.75) is 26.5 Å². The fourth-order valence-corrected chi connectivity index (χ4v) is 2.73. The van der Waals surface area contributed by atoms with E-state index in [9.17, 15) is 9.59 Å². The number of nitrogens with one attached hydrogen (secondary N) is 1. The van der Waals surface area contributed by atoms with E-state index in [0.717, 1.165) is 11.3 Å². The van der Waals surface area contributed by atoms with E-state index >= 15 is 0 Å². The highest BCUT2D eigenvalue weighted by Crippen LogP contribution is 2.28. The number of fused-ring (bicyclic) bond motifs is 1. The summed E-state index contributed by atoms with van der Waals surface area (Å²) in [6.45, 7) is 4.27. The molecule has 1 aliphatic heterocycles. The van der Waals surface area contributed by atoms with Gasteiger partial charge in [-0.05, 0) is 32.0 Å². The molecule has 0 saturated carbocycles. The third kappa shape index (κ3) is 3.25. The van der Waals surface area contributed by atoms with Crippen LogP contribution in [0.25, 0.3) is 0 Å². The number of ether oxygens (including phenoxy) is 1. The topological polar surface area (TPSA) is 58.6 Å². The summed E-state index contributed by atoms with van der Waals surface area (Å²) in [4.78, 5) is 26.3. The summed E-state index contributed by atoms with van der Waals surface area (Å²) < 4.78 is 5.84. The summed E-state index contributed by atoms with van der Waals surface area (Å²) in [7, 11) is 0. The van der Waals surface area contributed by atoms with Crippen molar-refractivity contribution in [3.63, 3.8) is 0 Å². The Balaban J connectivity index is 1.98. The fourth-order valence-electron chi connectivity index (χ4n) is 2.73. The minimum absolute atomic E-state index is 0.0132. The Bertz CT molecular complexity index is 771. The summed E-state index contributed by atoms with van der Waals surface area (Å²) in [5.41, 5.74) is 2.03. The highest BCUT2D eigenvalue weighted by molar-refractivity contribution is 6.09. The van der Waals surface area contributed by atoms with E-state index in [2.05, 4.69) is 5.32 Å². The molecule has 0 atom stereocenters. The smallest absolute Gasteiger partial charge is 0.253 e. The van der Waals surface area contributed by atoms with Crippen LogP contribution in [0.2, 0.25) is 0 Å². The number of anilines is 1. The normalized spacial score (nSPS) is 14.2. The monoisotopic (exact) mass is 324 g/mol. The minimum Gasteiger partial charge on any atom is -0.491 e. The lowest BCUT2D eigenvalue weighted by Crippen LogP contribution is -2.36. The van der Waals surface area contributed by atoms with E-state index in [0.29, 0.717) is 17.8 Å². The van der Waals surface area contributed by atoms with Crippen LogP contribution in [0, 0.1) is 0 Å². The van der Waals surface area contributed by atoms with Crippen LogP contribution in [-0.2, 0) is 11.3 Å². The summed E-state index contributed by atoms with van der Waals surface area (Å²) >= 11 is 0. The van der Waals surface area contributed by atoms with Crippen LogP contribution in [0.3, 0.4) is 0 Å². The SMILES string of the molecule is CC(C)Oc1ccccc1CN1C(=O)CNC(=O)c2ccccc21. The molecule has 5 heteroatoms. The Morgan fingerprint density at radius 3 is 2.58 bits per heavy atom.